The van der Waals surface area contributed by atoms with Crippen LogP contribution in [0.25, 0.3) is 10.2 Å². The van der Waals surface area contributed by atoms with Gasteiger partial charge in [-0.05, 0) is 12.1 Å². The summed E-state index contributed by atoms with van der Waals surface area (Å²) in [6, 6.07) is 32.4. The molecule has 0 bridgehead atoms. The molecule has 6 rings (SSSR count). The Labute approximate surface area is 288 Å². The number of aryl methyl sites for hydroxylation is 1. The van der Waals surface area contributed by atoms with Crippen LogP contribution in [0, 0.1) is 0 Å². The molecule has 0 saturated carbocycles. The Bertz CT molecular complexity index is 1940. The average Bonchev–Trinajstić information content (AvgIpc) is 3.52. The van der Waals surface area contributed by atoms with Gasteiger partial charge in [0.2, 0.25) is 0 Å². The van der Waals surface area contributed by atoms with Gasteiger partial charge in [-0.25, -0.2) is 0 Å². The molecule has 238 valence electrons. The van der Waals surface area contributed by atoms with Gasteiger partial charge in [0.05, 0.1) is 0 Å². The van der Waals surface area contributed by atoms with E-state index in [0.717, 1.165) is 32.0 Å². The summed E-state index contributed by atoms with van der Waals surface area (Å²) < 4.78 is 7.03. The number of fused-ring (bicyclic) bond motifs is 1. The number of hydrogen-bond donors (Lipinski definition) is 1. The van der Waals surface area contributed by atoms with E-state index >= 15 is 4.79 Å². The van der Waals surface area contributed by atoms with Crippen LogP contribution in [0.15, 0.2) is 140 Å². The number of hydrogen-bond acceptors (Lipinski definition) is 5. The van der Waals surface area contributed by atoms with Gasteiger partial charge in [0, 0.05) is 0 Å². The van der Waals surface area contributed by atoms with Crippen LogP contribution in [0.4, 0.5) is 5.13 Å². The van der Waals surface area contributed by atoms with E-state index in [9.17, 15) is 4.79 Å². The monoisotopic (exact) mass is 698 g/mol. The van der Waals surface area contributed by atoms with Crippen LogP contribution in [0.1, 0.15) is 22.3 Å². The molecule has 5 aromatic rings. The molecule has 9 heteroatoms. The zero-order chi connectivity index (χ0) is 32.9. The molecule has 4 aromatic carbocycles. The number of benzene rings is 4. The molecule has 0 saturated heterocycles. The number of carbonyl (C=O) groups is 2. The first kappa shape index (κ1) is 32.9. The SMILES string of the molecule is C=C1C=CC=CC1P(Cl)(C(=O)c1ccc(OCC(=O)Nc2nc3ccccc3s2)c(CCCCl)c1)(c1ccccc1)c1ccccc1. The maximum absolute atomic E-state index is 15.4. The average molecular weight is 700 g/mol. The third-order valence-electron chi connectivity index (χ3n) is 8.32. The molecule has 1 amide bonds. The second kappa shape index (κ2) is 14.0. The van der Waals surface area contributed by atoms with Crippen molar-refractivity contribution in [2.45, 2.75) is 18.5 Å². The van der Waals surface area contributed by atoms with Crippen LogP contribution in [0.5, 0.6) is 5.75 Å². The summed E-state index contributed by atoms with van der Waals surface area (Å²) >= 11 is 15.8. The van der Waals surface area contributed by atoms with E-state index < -0.39 is 11.6 Å². The Morgan fingerprint density at radius 2 is 1.60 bits per heavy atom. The molecule has 1 heterocycles. The molecule has 47 heavy (non-hydrogen) atoms. The van der Waals surface area contributed by atoms with Crippen molar-refractivity contribution in [1.82, 2.24) is 4.98 Å². The first-order valence-corrected chi connectivity index (χ1v) is 19.8. The van der Waals surface area contributed by atoms with Crippen molar-refractivity contribution in [2.75, 3.05) is 17.8 Å². The Morgan fingerprint density at radius 3 is 2.26 bits per heavy atom. The molecular formula is C38H33Cl2N2O3PS. The molecule has 0 aliphatic heterocycles. The molecule has 1 aliphatic rings. The van der Waals surface area contributed by atoms with Crippen LogP contribution in [-0.4, -0.2) is 34.6 Å². The van der Waals surface area contributed by atoms with Crippen molar-refractivity contribution in [3.05, 3.63) is 151 Å². The molecule has 1 aliphatic carbocycles. The van der Waals surface area contributed by atoms with Gasteiger partial charge in [0.1, 0.15) is 0 Å². The number of amides is 1. The Hall–Kier alpha value is -4.06. The fourth-order valence-corrected chi connectivity index (χ4v) is 13.6. The van der Waals surface area contributed by atoms with E-state index in [1.54, 1.807) is 12.1 Å². The number of aromatic nitrogens is 1. The summed E-state index contributed by atoms with van der Waals surface area (Å²) in [4.78, 5) is 32.8. The Morgan fingerprint density at radius 1 is 0.915 bits per heavy atom. The third-order valence-corrected chi connectivity index (χ3v) is 17.0. The number of para-hydroxylation sites is 1. The summed E-state index contributed by atoms with van der Waals surface area (Å²) in [5.41, 5.74) is 2.17. The number of halogens is 2. The van der Waals surface area contributed by atoms with Crippen LogP contribution in [0.2, 0.25) is 0 Å². The van der Waals surface area contributed by atoms with Gasteiger partial charge in [0.15, 0.2) is 0 Å². The third kappa shape index (κ3) is 6.19. The van der Waals surface area contributed by atoms with Crippen molar-refractivity contribution in [2.24, 2.45) is 0 Å². The first-order valence-electron chi connectivity index (χ1n) is 15.2. The number of thiazole rings is 1. The van der Waals surface area contributed by atoms with E-state index in [1.807, 2.05) is 115 Å². The van der Waals surface area contributed by atoms with Crippen molar-refractivity contribution in [3.63, 3.8) is 0 Å². The van der Waals surface area contributed by atoms with E-state index in [0.29, 0.717) is 35.2 Å². The van der Waals surface area contributed by atoms with Crippen molar-refractivity contribution in [1.29, 1.82) is 0 Å². The normalized spacial score (nSPS) is 15.2. The second-order valence-corrected chi connectivity index (χ2v) is 18.9. The van der Waals surface area contributed by atoms with Crippen molar-refractivity contribution < 1.29 is 14.3 Å². The van der Waals surface area contributed by atoms with Gasteiger partial charge in [-0.1, -0.05) is 12.1 Å². The summed E-state index contributed by atoms with van der Waals surface area (Å²) in [6.07, 6.45) is 8.98. The van der Waals surface area contributed by atoms with E-state index in [1.165, 1.54) is 11.3 Å². The first-order chi connectivity index (χ1) is 22.8. The number of rotatable bonds is 12. The Kier molecular flexibility index (Phi) is 9.77. The summed E-state index contributed by atoms with van der Waals surface area (Å²) in [5, 5.41) is 4.86. The Balaban J connectivity index is 1.38. The molecule has 0 spiro atoms. The van der Waals surface area contributed by atoms with Crippen molar-refractivity contribution in [3.8, 4) is 5.75 Å². The molecule has 5 nitrogen and oxygen atoms in total. The van der Waals surface area contributed by atoms with Crippen LogP contribution in [0.3, 0.4) is 0 Å². The van der Waals surface area contributed by atoms with Crippen LogP contribution in [-0.2, 0) is 11.2 Å². The molecular weight excluding hydrogens is 666 g/mol. The fourth-order valence-electron chi connectivity index (χ4n) is 6.10. The predicted octanol–water partition coefficient (Wildman–Crippen LogP) is 9.03. The molecule has 0 radical (unpaired) electrons. The van der Waals surface area contributed by atoms with Gasteiger partial charge >= 0.3 is 265 Å². The standard InChI is InChI=1S/C38H33Cl2N2O3PS/c1-27-13-8-10-20-34(27)46(40,30-15-4-2-5-16-30,31-17-6-3-7-18-31)37(44)29-22-23-33(28(25-29)14-12-24-39)45-26-36(43)42-38-41-32-19-9-11-21-35(32)47-38/h2-11,13,15-23,25,34H,1,12,14,24,26H2,(H,41,42,43). The van der Waals surface area contributed by atoms with Gasteiger partial charge in [-0.2, -0.15) is 0 Å². The quantitative estimate of drug-likeness (QED) is 0.104. The number of nitrogens with zero attached hydrogens (tertiary/aromatic N) is 1. The maximum atomic E-state index is 15.4. The summed E-state index contributed by atoms with van der Waals surface area (Å²) in [7, 11) is 0. The predicted molar refractivity (Wildman–Crippen MR) is 200 cm³/mol. The number of anilines is 1. The van der Waals surface area contributed by atoms with Gasteiger partial charge < -0.3 is 0 Å². The zero-order valence-electron chi connectivity index (χ0n) is 25.5. The molecule has 1 N–H and O–H groups in total. The fraction of sp³-hybridized carbons (Fsp3) is 0.132. The van der Waals surface area contributed by atoms with Gasteiger partial charge in [0.25, 0.3) is 0 Å². The molecule has 0 fully saturated rings. The molecule has 1 unspecified atom stereocenters. The number of ether oxygens (including phenoxy) is 1. The van der Waals surface area contributed by atoms with Gasteiger partial charge in [-0.3, -0.25) is 0 Å². The zero-order valence-corrected chi connectivity index (χ0v) is 28.7. The van der Waals surface area contributed by atoms with Crippen molar-refractivity contribution >= 4 is 77.5 Å². The number of allylic oxidation sites excluding steroid dienone is 5. The number of alkyl halides is 1. The van der Waals surface area contributed by atoms with Gasteiger partial charge in [-0.15, -0.1) is 0 Å². The van der Waals surface area contributed by atoms with E-state index in [4.69, 9.17) is 27.6 Å². The summed E-state index contributed by atoms with van der Waals surface area (Å²) in [6.45, 7) is 4.15. The summed E-state index contributed by atoms with van der Waals surface area (Å²) in [5.74, 6) is -3.69. The number of carbonyl (C=O) groups excluding carboxylic acids is 2. The van der Waals surface area contributed by atoms with Crippen LogP contribution >= 0.6 is 40.1 Å². The second-order valence-electron chi connectivity index (χ2n) is 11.3. The topological polar surface area (TPSA) is 68.3 Å². The minimum atomic E-state index is -4.29. The molecule has 1 atom stereocenters. The molecule has 1 aromatic heterocycles. The minimum absolute atomic E-state index is 0.173. The van der Waals surface area contributed by atoms with E-state index in [2.05, 4.69) is 16.9 Å². The van der Waals surface area contributed by atoms with E-state index in [-0.39, 0.29) is 18.0 Å². The van der Waals surface area contributed by atoms with Crippen LogP contribution < -0.4 is 20.7 Å². The number of nitrogens with one attached hydrogen (secondary N) is 1.